The smallest absolute Gasteiger partial charge is 0.418 e. The molecular weight excluding hydrogens is 303 g/mol. The Labute approximate surface area is 91.2 Å². The van der Waals surface area contributed by atoms with Gasteiger partial charge in [0.25, 0.3) is 0 Å². The summed E-state index contributed by atoms with van der Waals surface area (Å²) < 4.78 is 78.0. The van der Waals surface area contributed by atoms with Gasteiger partial charge in [0.1, 0.15) is 0 Å². The molecule has 15 heavy (non-hydrogen) atoms. The SMILES string of the molecule is F[B-](F)(F)F.F[B-](F)(F)F.O.O.O.O.[Zn+2]. The van der Waals surface area contributed by atoms with Gasteiger partial charge in [0.15, 0.2) is 0 Å². The molecule has 0 aliphatic rings. The van der Waals surface area contributed by atoms with E-state index in [1.54, 1.807) is 0 Å². The average Bonchev–Trinajstić information content (AvgIpc) is 1.12. The van der Waals surface area contributed by atoms with Crippen LogP contribution < -0.4 is 0 Å². The third-order valence-corrected chi connectivity index (χ3v) is 0. The summed E-state index contributed by atoms with van der Waals surface area (Å²) in [5, 5.41) is 0. The second-order valence-electron chi connectivity index (χ2n) is 0.990. The standard InChI is InChI=1S/2BF4.4H2O.Zn/c2*2-1(3,4)5;;;;;/h;;4*1H2;/q2*-1;;;;;+2. The van der Waals surface area contributed by atoms with E-state index in [9.17, 15) is 34.5 Å². The van der Waals surface area contributed by atoms with Crippen LogP contribution in [0.1, 0.15) is 0 Å². The molecule has 0 aliphatic carbocycles. The predicted octanol–water partition coefficient (Wildman–Crippen LogP) is -0.701. The predicted molar refractivity (Wildman–Crippen MR) is 34.8 cm³/mol. The average molecular weight is 311 g/mol. The van der Waals surface area contributed by atoms with E-state index in [2.05, 4.69) is 0 Å². The van der Waals surface area contributed by atoms with Gasteiger partial charge in [-0.2, -0.15) is 0 Å². The Hall–Kier alpha value is 0.0332. The van der Waals surface area contributed by atoms with Crippen molar-refractivity contribution in [1.82, 2.24) is 0 Å². The van der Waals surface area contributed by atoms with Crippen LogP contribution in [0.5, 0.6) is 0 Å². The minimum absolute atomic E-state index is 0. The van der Waals surface area contributed by atoms with E-state index in [0.717, 1.165) is 0 Å². The Morgan fingerprint density at radius 3 is 0.400 bits per heavy atom. The molecule has 0 radical (unpaired) electrons. The summed E-state index contributed by atoms with van der Waals surface area (Å²) in [6.45, 7) is 0. The molecule has 0 aromatic rings. The van der Waals surface area contributed by atoms with Crippen molar-refractivity contribution >= 4 is 14.5 Å². The van der Waals surface area contributed by atoms with Crippen LogP contribution in [0.4, 0.5) is 34.5 Å². The van der Waals surface area contributed by atoms with Gasteiger partial charge >= 0.3 is 34.0 Å². The Morgan fingerprint density at radius 1 is 0.400 bits per heavy atom. The zero-order chi connectivity index (χ0) is 9.00. The van der Waals surface area contributed by atoms with Crippen molar-refractivity contribution < 1.29 is 75.9 Å². The molecule has 0 bridgehead atoms. The quantitative estimate of drug-likeness (QED) is 0.414. The van der Waals surface area contributed by atoms with Crippen LogP contribution in [-0.4, -0.2) is 36.4 Å². The summed E-state index contributed by atoms with van der Waals surface area (Å²) in [7, 11) is -12.0. The molecule has 0 amide bonds. The van der Waals surface area contributed by atoms with Crippen LogP contribution in [0.3, 0.4) is 0 Å². The van der Waals surface area contributed by atoms with Gasteiger partial charge in [-0.3, -0.25) is 0 Å². The molecular formula is H8B2F8O4Zn. The summed E-state index contributed by atoms with van der Waals surface area (Å²) in [6, 6.07) is 0. The molecule has 96 valence electrons. The van der Waals surface area contributed by atoms with Gasteiger partial charge in [0.05, 0.1) is 0 Å². The first kappa shape index (κ1) is 45.9. The first-order valence-corrected chi connectivity index (χ1v) is 1.75. The van der Waals surface area contributed by atoms with Crippen LogP contribution in [0.15, 0.2) is 0 Å². The molecule has 0 saturated carbocycles. The van der Waals surface area contributed by atoms with Crippen molar-refractivity contribution in [1.29, 1.82) is 0 Å². The first-order chi connectivity index (χ1) is 4.00. The van der Waals surface area contributed by atoms with Gasteiger partial charge in [-0.15, -0.1) is 0 Å². The largest absolute Gasteiger partial charge is 2.00 e. The molecule has 0 aliphatic heterocycles. The molecule has 8 N–H and O–H groups in total. The van der Waals surface area contributed by atoms with E-state index < -0.39 is 14.5 Å². The molecule has 0 heterocycles. The molecule has 0 unspecified atom stereocenters. The molecule has 0 aromatic carbocycles. The zero-order valence-electron chi connectivity index (χ0n) is 6.89. The normalized spacial score (nSPS) is 8.00. The fourth-order valence-corrected chi connectivity index (χ4v) is 0. The van der Waals surface area contributed by atoms with Crippen molar-refractivity contribution in [3.63, 3.8) is 0 Å². The first-order valence-electron chi connectivity index (χ1n) is 1.75. The van der Waals surface area contributed by atoms with Crippen molar-refractivity contribution in [2.75, 3.05) is 0 Å². The number of rotatable bonds is 0. The van der Waals surface area contributed by atoms with Crippen LogP contribution in [-0.2, 0) is 19.5 Å². The second-order valence-corrected chi connectivity index (χ2v) is 0.990. The number of hydrogen-bond acceptors (Lipinski definition) is 0. The van der Waals surface area contributed by atoms with Gasteiger partial charge in [-0.05, 0) is 0 Å². The van der Waals surface area contributed by atoms with Gasteiger partial charge < -0.3 is 56.4 Å². The van der Waals surface area contributed by atoms with Crippen LogP contribution in [0, 0.1) is 0 Å². The minimum atomic E-state index is -6.00. The van der Waals surface area contributed by atoms with Crippen LogP contribution in [0.25, 0.3) is 0 Å². The Kier molecular flexibility index (Phi) is 50.3. The van der Waals surface area contributed by atoms with E-state index in [0.29, 0.717) is 0 Å². The minimum Gasteiger partial charge on any atom is -0.418 e. The van der Waals surface area contributed by atoms with E-state index in [1.165, 1.54) is 0 Å². The fraction of sp³-hybridized carbons (Fsp3) is 0. The maximum atomic E-state index is 9.75. The molecule has 0 spiro atoms. The molecule has 0 rings (SSSR count). The maximum absolute atomic E-state index is 9.75. The van der Waals surface area contributed by atoms with Crippen LogP contribution in [0.2, 0.25) is 0 Å². The third-order valence-electron chi connectivity index (χ3n) is 0. The summed E-state index contributed by atoms with van der Waals surface area (Å²) in [6.07, 6.45) is 0. The Bertz CT molecular complexity index is 67.6. The van der Waals surface area contributed by atoms with Crippen molar-refractivity contribution in [2.45, 2.75) is 0 Å². The third kappa shape index (κ3) is 1840000. The summed E-state index contributed by atoms with van der Waals surface area (Å²) in [5.41, 5.74) is 0. The van der Waals surface area contributed by atoms with Gasteiger partial charge in [0, 0.05) is 0 Å². The maximum Gasteiger partial charge on any atom is 2.00 e. The van der Waals surface area contributed by atoms with Crippen molar-refractivity contribution in [3.05, 3.63) is 0 Å². The van der Waals surface area contributed by atoms with Gasteiger partial charge in [0.2, 0.25) is 0 Å². The summed E-state index contributed by atoms with van der Waals surface area (Å²) in [4.78, 5) is 0. The molecule has 15 heteroatoms. The summed E-state index contributed by atoms with van der Waals surface area (Å²) >= 11 is 0. The molecule has 4 nitrogen and oxygen atoms in total. The van der Waals surface area contributed by atoms with E-state index >= 15 is 0 Å². The van der Waals surface area contributed by atoms with E-state index in [4.69, 9.17) is 0 Å². The molecule has 0 fully saturated rings. The Balaban J connectivity index is -0.0000000128. The number of hydrogen-bond donors (Lipinski definition) is 0. The van der Waals surface area contributed by atoms with Gasteiger partial charge in [-0.25, -0.2) is 0 Å². The topological polar surface area (TPSA) is 126 Å². The zero-order valence-corrected chi connectivity index (χ0v) is 9.85. The van der Waals surface area contributed by atoms with E-state index in [1.807, 2.05) is 0 Å². The second kappa shape index (κ2) is 16.5. The molecule has 0 saturated heterocycles. The molecule has 0 aromatic heterocycles. The monoisotopic (exact) mass is 310 g/mol. The Morgan fingerprint density at radius 2 is 0.400 bits per heavy atom. The summed E-state index contributed by atoms with van der Waals surface area (Å²) in [5.74, 6) is 0. The van der Waals surface area contributed by atoms with Crippen molar-refractivity contribution in [3.8, 4) is 0 Å². The fourth-order valence-electron chi connectivity index (χ4n) is 0. The van der Waals surface area contributed by atoms with Crippen molar-refractivity contribution in [2.24, 2.45) is 0 Å². The van der Waals surface area contributed by atoms with Crippen LogP contribution >= 0.6 is 0 Å². The number of halogens is 8. The van der Waals surface area contributed by atoms with E-state index in [-0.39, 0.29) is 41.4 Å². The van der Waals surface area contributed by atoms with Gasteiger partial charge in [-0.1, -0.05) is 0 Å². The molecule has 0 atom stereocenters.